The summed E-state index contributed by atoms with van der Waals surface area (Å²) in [6, 6.07) is 7.77. The van der Waals surface area contributed by atoms with E-state index in [1.807, 2.05) is 6.07 Å². The van der Waals surface area contributed by atoms with Gasteiger partial charge in [0.15, 0.2) is 0 Å². The lowest BCUT2D eigenvalue weighted by atomic mass is 10.1. The molecule has 0 radical (unpaired) electrons. The van der Waals surface area contributed by atoms with Gasteiger partial charge in [-0.1, -0.05) is 6.07 Å². The number of nitrogens with one attached hydrogen (secondary N) is 1. The van der Waals surface area contributed by atoms with Crippen LogP contribution in [0.1, 0.15) is 5.69 Å². The number of benzene rings is 1. The van der Waals surface area contributed by atoms with E-state index in [1.54, 1.807) is 18.3 Å². The number of halogens is 1. The summed E-state index contributed by atoms with van der Waals surface area (Å²) in [5, 5.41) is 17.6. The Bertz CT molecular complexity index is 623. The number of ether oxygens (including phenoxy) is 2. The van der Waals surface area contributed by atoms with Crippen LogP contribution in [0.25, 0.3) is 0 Å². The third-order valence-corrected chi connectivity index (χ3v) is 3.70. The third kappa shape index (κ3) is 4.51. The molecule has 1 aliphatic rings. The molecule has 0 aliphatic carbocycles. The number of aromatic amines is 1. The van der Waals surface area contributed by atoms with E-state index in [4.69, 9.17) is 9.47 Å². The molecule has 1 aliphatic heterocycles. The summed E-state index contributed by atoms with van der Waals surface area (Å²) in [5.41, 5.74) is -0.177. The lowest BCUT2D eigenvalue weighted by molar-refractivity contribution is -0.0647. The van der Waals surface area contributed by atoms with Crippen LogP contribution in [-0.2, 0) is 11.3 Å². The quantitative estimate of drug-likeness (QED) is 0.866. The summed E-state index contributed by atoms with van der Waals surface area (Å²) >= 11 is 0. The van der Waals surface area contributed by atoms with Gasteiger partial charge in [-0.3, -0.25) is 10.00 Å². The first-order valence-electron chi connectivity index (χ1n) is 7.52. The van der Waals surface area contributed by atoms with Gasteiger partial charge in [-0.05, 0) is 18.2 Å². The zero-order valence-corrected chi connectivity index (χ0v) is 12.7. The first-order valence-corrected chi connectivity index (χ1v) is 7.52. The third-order valence-electron chi connectivity index (χ3n) is 3.70. The van der Waals surface area contributed by atoms with Crippen molar-refractivity contribution in [1.29, 1.82) is 0 Å². The van der Waals surface area contributed by atoms with Gasteiger partial charge < -0.3 is 14.6 Å². The fraction of sp³-hybridized carbons (Fsp3) is 0.438. The highest BCUT2D eigenvalue weighted by atomic mass is 19.1. The predicted octanol–water partition coefficient (Wildman–Crippen LogP) is 1.19. The van der Waals surface area contributed by atoms with Crippen LogP contribution < -0.4 is 4.74 Å². The Kier molecular flexibility index (Phi) is 4.90. The highest BCUT2D eigenvalue weighted by Crippen LogP contribution is 2.18. The molecule has 2 heterocycles. The molecule has 0 amide bonds. The van der Waals surface area contributed by atoms with Crippen molar-refractivity contribution in [2.24, 2.45) is 0 Å². The molecular formula is C16H20FN3O3. The maximum Gasteiger partial charge on any atom is 0.134 e. The number of aliphatic hydroxyl groups is 1. The summed E-state index contributed by atoms with van der Waals surface area (Å²) in [6.07, 6.45) is 1.70. The lowest BCUT2D eigenvalue weighted by Crippen LogP contribution is -2.48. The Labute approximate surface area is 133 Å². The highest BCUT2D eigenvalue weighted by Gasteiger charge is 2.33. The van der Waals surface area contributed by atoms with Gasteiger partial charge in [0.1, 0.15) is 23.8 Å². The molecule has 1 atom stereocenters. The Morgan fingerprint density at radius 3 is 3.13 bits per heavy atom. The molecule has 2 aromatic rings. The van der Waals surface area contributed by atoms with E-state index in [1.165, 1.54) is 12.1 Å². The summed E-state index contributed by atoms with van der Waals surface area (Å²) in [6.45, 7) is 2.52. The number of β-amino-alcohol motifs (C(OH)–C–C–N with tert-alkyl or cyclic N) is 1. The van der Waals surface area contributed by atoms with Crippen LogP contribution in [-0.4, -0.2) is 58.7 Å². The summed E-state index contributed by atoms with van der Waals surface area (Å²) < 4.78 is 24.2. The van der Waals surface area contributed by atoms with Crippen LogP contribution >= 0.6 is 0 Å². The second-order valence-electron chi connectivity index (χ2n) is 5.82. The van der Waals surface area contributed by atoms with E-state index in [0.717, 1.165) is 5.69 Å². The van der Waals surface area contributed by atoms with E-state index < -0.39 is 5.60 Å². The summed E-state index contributed by atoms with van der Waals surface area (Å²) in [7, 11) is 0. The number of hydrogen-bond donors (Lipinski definition) is 2. The van der Waals surface area contributed by atoms with Gasteiger partial charge >= 0.3 is 0 Å². The topological polar surface area (TPSA) is 70.6 Å². The number of rotatable bonds is 5. The molecule has 23 heavy (non-hydrogen) atoms. The Morgan fingerprint density at radius 2 is 2.35 bits per heavy atom. The van der Waals surface area contributed by atoms with Crippen LogP contribution in [0.2, 0.25) is 0 Å². The minimum atomic E-state index is -1.15. The summed E-state index contributed by atoms with van der Waals surface area (Å²) in [5.74, 6) is 0.0234. The van der Waals surface area contributed by atoms with Crippen LogP contribution in [0.4, 0.5) is 4.39 Å². The average molecular weight is 321 g/mol. The maximum atomic E-state index is 13.2. The van der Waals surface area contributed by atoms with Crippen LogP contribution in [0.5, 0.6) is 5.75 Å². The van der Waals surface area contributed by atoms with Gasteiger partial charge in [-0.2, -0.15) is 5.10 Å². The average Bonchev–Trinajstić information content (AvgIpc) is 2.95. The fourth-order valence-electron chi connectivity index (χ4n) is 2.61. The SMILES string of the molecule is O[C@]1(COc2cccc(F)c2)COCCN(Cc2ccn[nH]2)C1. The maximum absolute atomic E-state index is 13.2. The lowest BCUT2D eigenvalue weighted by Gasteiger charge is -2.30. The van der Waals surface area contributed by atoms with Crippen molar-refractivity contribution in [3.63, 3.8) is 0 Å². The van der Waals surface area contributed by atoms with Gasteiger partial charge in [-0.15, -0.1) is 0 Å². The van der Waals surface area contributed by atoms with Crippen LogP contribution in [0.3, 0.4) is 0 Å². The number of aromatic nitrogens is 2. The molecule has 1 aromatic heterocycles. The molecular weight excluding hydrogens is 301 g/mol. The molecule has 124 valence electrons. The standard InChI is InChI=1S/C16H20FN3O3/c17-13-2-1-3-15(8-13)23-12-16(21)10-20(6-7-22-11-16)9-14-4-5-18-19-14/h1-5,8,21H,6-7,9-12H2,(H,18,19)/t16-/m0/s1. The number of hydrogen-bond acceptors (Lipinski definition) is 5. The van der Waals surface area contributed by atoms with Crippen molar-refractivity contribution in [3.8, 4) is 5.75 Å². The smallest absolute Gasteiger partial charge is 0.134 e. The van der Waals surface area contributed by atoms with Crippen molar-refractivity contribution in [1.82, 2.24) is 15.1 Å². The molecule has 7 heteroatoms. The molecule has 3 rings (SSSR count). The molecule has 0 bridgehead atoms. The van der Waals surface area contributed by atoms with Gasteiger partial charge in [-0.25, -0.2) is 4.39 Å². The summed E-state index contributed by atoms with van der Waals surface area (Å²) in [4.78, 5) is 2.08. The first-order chi connectivity index (χ1) is 11.1. The number of H-pyrrole nitrogens is 1. The molecule has 0 unspecified atom stereocenters. The molecule has 1 fully saturated rings. The van der Waals surface area contributed by atoms with Crippen LogP contribution in [0.15, 0.2) is 36.5 Å². The van der Waals surface area contributed by atoms with E-state index in [-0.39, 0.29) is 19.0 Å². The van der Waals surface area contributed by atoms with Crippen molar-refractivity contribution < 1.29 is 19.0 Å². The highest BCUT2D eigenvalue weighted by molar-refractivity contribution is 5.22. The molecule has 0 spiro atoms. The minimum absolute atomic E-state index is 0.0376. The number of nitrogens with zero attached hydrogens (tertiary/aromatic N) is 2. The van der Waals surface area contributed by atoms with Crippen molar-refractivity contribution >= 4 is 0 Å². The van der Waals surface area contributed by atoms with E-state index in [9.17, 15) is 9.50 Å². The second kappa shape index (κ2) is 7.08. The normalized spacial score (nSPS) is 22.7. The fourth-order valence-corrected chi connectivity index (χ4v) is 2.61. The van der Waals surface area contributed by atoms with Gasteiger partial charge in [0.2, 0.25) is 0 Å². The van der Waals surface area contributed by atoms with Crippen molar-refractivity contribution in [2.45, 2.75) is 12.1 Å². The van der Waals surface area contributed by atoms with Gasteiger partial charge in [0.05, 0.1) is 13.2 Å². The molecule has 6 nitrogen and oxygen atoms in total. The van der Waals surface area contributed by atoms with Crippen molar-refractivity contribution in [2.75, 3.05) is 32.9 Å². The molecule has 2 N–H and O–H groups in total. The zero-order chi connectivity index (χ0) is 16.1. The van der Waals surface area contributed by atoms with E-state index in [0.29, 0.717) is 32.0 Å². The second-order valence-corrected chi connectivity index (χ2v) is 5.82. The van der Waals surface area contributed by atoms with E-state index >= 15 is 0 Å². The Morgan fingerprint density at radius 1 is 1.43 bits per heavy atom. The molecule has 1 aromatic carbocycles. The zero-order valence-electron chi connectivity index (χ0n) is 12.7. The first kappa shape index (κ1) is 15.9. The monoisotopic (exact) mass is 321 g/mol. The minimum Gasteiger partial charge on any atom is -0.490 e. The van der Waals surface area contributed by atoms with Crippen LogP contribution in [0, 0.1) is 5.82 Å². The molecule has 1 saturated heterocycles. The predicted molar refractivity (Wildman–Crippen MR) is 81.5 cm³/mol. The van der Waals surface area contributed by atoms with E-state index in [2.05, 4.69) is 15.1 Å². The Balaban J connectivity index is 1.61. The van der Waals surface area contributed by atoms with Gasteiger partial charge in [0.25, 0.3) is 0 Å². The Hall–Kier alpha value is -1.96. The largest absolute Gasteiger partial charge is 0.490 e. The van der Waals surface area contributed by atoms with Gasteiger partial charge in [0, 0.05) is 37.6 Å². The molecule has 0 saturated carbocycles. The van der Waals surface area contributed by atoms with Crippen molar-refractivity contribution in [3.05, 3.63) is 48.0 Å².